The van der Waals surface area contributed by atoms with Gasteiger partial charge in [-0.1, -0.05) is 6.08 Å². The number of hydrogen-bond acceptors (Lipinski definition) is 3. The first-order chi connectivity index (χ1) is 10.7. The number of aromatic nitrogens is 1. The van der Waals surface area contributed by atoms with Crippen LogP contribution in [0.1, 0.15) is 5.69 Å². The second-order valence-electron chi connectivity index (χ2n) is 4.57. The quantitative estimate of drug-likeness (QED) is 0.488. The molecule has 0 fully saturated rings. The van der Waals surface area contributed by atoms with Crippen molar-refractivity contribution in [3.63, 3.8) is 0 Å². The fourth-order valence-electron chi connectivity index (χ4n) is 1.85. The lowest BCUT2D eigenvalue weighted by Crippen LogP contribution is -2.38. The van der Waals surface area contributed by atoms with Crippen LogP contribution >= 0.6 is 0 Å². The fraction of sp³-hybridized carbons (Fsp3) is 0.250. The lowest BCUT2D eigenvalue weighted by molar-refractivity contribution is 0.571. The monoisotopic (exact) mass is 302 g/mol. The van der Waals surface area contributed by atoms with Crippen LogP contribution in [0.2, 0.25) is 0 Å². The highest BCUT2D eigenvalue weighted by Gasteiger charge is 2.07. The van der Waals surface area contributed by atoms with E-state index in [1.54, 1.807) is 31.5 Å². The van der Waals surface area contributed by atoms with E-state index < -0.39 is 0 Å². The van der Waals surface area contributed by atoms with Crippen molar-refractivity contribution in [3.05, 3.63) is 54.7 Å². The number of nitrogens with one attached hydrogen (secondary N) is 2. The smallest absolute Gasteiger partial charge is 0.226 e. The molecule has 0 atom stereocenters. The van der Waals surface area contributed by atoms with Crippen molar-refractivity contribution >= 4 is 5.96 Å². The van der Waals surface area contributed by atoms with Crippen LogP contribution in [0.3, 0.4) is 0 Å². The fourth-order valence-corrected chi connectivity index (χ4v) is 1.85. The Hall–Kier alpha value is -2.63. The number of oxazole rings is 1. The van der Waals surface area contributed by atoms with E-state index in [9.17, 15) is 4.39 Å². The molecule has 5 nitrogen and oxygen atoms in total. The highest BCUT2D eigenvalue weighted by atomic mass is 19.1. The van der Waals surface area contributed by atoms with E-state index in [0.29, 0.717) is 31.4 Å². The van der Waals surface area contributed by atoms with Gasteiger partial charge in [-0.25, -0.2) is 9.37 Å². The maximum absolute atomic E-state index is 12.9. The summed E-state index contributed by atoms with van der Waals surface area (Å²) in [5.41, 5.74) is 1.58. The first-order valence-corrected chi connectivity index (χ1v) is 6.98. The van der Waals surface area contributed by atoms with Crippen LogP contribution in [0.25, 0.3) is 11.5 Å². The molecule has 0 saturated heterocycles. The van der Waals surface area contributed by atoms with Gasteiger partial charge in [0.25, 0.3) is 0 Å². The van der Waals surface area contributed by atoms with Gasteiger partial charge in [-0.05, 0) is 24.3 Å². The average molecular weight is 302 g/mol. The van der Waals surface area contributed by atoms with Gasteiger partial charge in [0, 0.05) is 32.1 Å². The number of rotatable bonds is 6. The van der Waals surface area contributed by atoms with E-state index in [2.05, 4.69) is 27.2 Å². The third kappa shape index (κ3) is 4.44. The second kappa shape index (κ2) is 7.97. The van der Waals surface area contributed by atoms with Gasteiger partial charge in [0.15, 0.2) is 5.96 Å². The summed E-state index contributed by atoms with van der Waals surface area (Å²) in [4.78, 5) is 8.47. The zero-order valence-electron chi connectivity index (χ0n) is 12.5. The number of benzene rings is 1. The standard InChI is InChI=1S/C16H19FN4O/c1-3-9-19-16(18-2)20-10-8-14-11-22-15(21-14)12-4-6-13(17)7-5-12/h3-7,11H,1,8-10H2,2H3,(H2,18,19,20). The lowest BCUT2D eigenvalue weighted by atomic mass is 10.2. The highest BCUT2D eigenvalue weighted by Crippen LogP contribution is 2.18. The molecule has 0 aliphatic rings. The molecule has 0 spiro atoms. The van der Waals surface area contributed by atoms with E-state index in [1.165, 1.54) is 12.1 Å². The number of guanidine groups is 1. The zero-order chi connectivity index (χ0) is 15.8. The molecule has 0 aliphatic carbocycles. The Balaban J connectivity index is 1.87. The van der Waals surface area contributed by atoms with E-state index in [-0.39, 0.29) is 5.82 Å². The van der Waals surface area contributed by atoms with Crippen LogP contribution in [0.15, 0.2) is 52.6 Å². The molecule has 0 aliphatic heterocycles. The molecule has 0 amide bonds. The third-order valence-electron chi connectivity index (χ3n) is 2.95. The molecule has 1 aromatic carbocycles. The van der Waals surface area contributed by atoms with Gasteiger partial charge >= 0.3 is 0 Å². The molecule has 0 radical (unpaired) electrons. The summed E-state index contributed by atoms with van der Waals surface area (Å²) in [5, 5.41) is 6.25. The number of aliphatic imine (C=N–C) groups is 1. The topological polar surface area (TPSA) is 62.5 Å². The minimum absolute atomic E-state index is 0.280. The van der Waals surface area contributed by atoms with Gasteiger partial charge < -0.3 is 15.1 Å². The lowest BCUT2D eigenvalue weighted by Gasteiger charge is -2.09. The summed E-state index contributed by atoms with van der Waals surface area (Å²) >= 11 is 0. The van der Waals surface area contributed by atoms with Crippen LogP contribution in [0, 0.1) is 5.82 Å². The van der Waals surface area contributed by atoms with Crippen molar-refractivity contribution in [2.24, 2.45) is 4.99 Å². The van der Waals surface area contributed by atoms with Gasteiger partial charge in [-0.3, -0.25) is 4.99 Å². The van der Waals surface area contributed by atoms with Gasteiger partial charge in [0.05, 0.1) is 5.69 Å². The molecule has 2 N–H and O–H groups in total. The first kappa shape index (κ1) is 15.8. The Morgan fingerprint density at radius 3 is 2.82 bits per heavy atom. The summed E-state index contributed by atoms with van der Waals surface area (Å²) in [6.45, 7) is 4.96. The van der Waals surface area contributed by atoms with E-state index in [1.807, 2.05) is 0 Å². The summed E-state index contributed by atoms with van der Waals surface area (Å²) in [6, 6.07) is 6.06. The third-order valence-corrected chi connectivity index (χ3v) is 2.95. The first-order valence-electron chi connectivity index (χ1n) is 6.98. The number of nitrogens with zero attached hydrogens (tertiary/aromatic N) is 2. The Morgan fingerprint density at radius 1 is 1.36 bits per heavy atom. The van der Waals surface area contributed by atoms with Crippen molar-refractivity contribution in [1.82, 2.24) is 15.6 Å². The average Bonchev–Trinajstić information content (AvgIpc) is 3.00. The van der Waals surface area contributed by atoms with Crippen molar-refractivity contribution in [1.29, 1.82) is 0 Å². The number of halogens is 1. The van der Waals surface area contributed by atoms with Crippen molar-refractivity contribution in [2.45, 2.75) is 6.42 Å². The summed E-state index contributed by atoms with van der Waals surface area (Å²) in [6.07, 6.45) is 4.07. The largest absolute Gasteiger partial charge is 0.444 e. The van der Waals surface area contributed by atoms with Crippen molar-refractivity contribution < 1.29 is 8.81 Å². The molecule has 0 saturated carbocycles. The molecule has 0 unspecified atom stereocenters. The molecule has 2 aromatic rings. The van der Waals surface area contributed by atoms with Crippen molar-refractivity contribution in [2.75, 3.05) is 20.1 Å². The van der Waals surface area contributed by atoms with Gasteiger partial charge in [0.2, 0.25) is 5.89 Å². The number of hydrogen-bond donors (Lipinski definition) is 2. The van der Waals surface area contributed by atoms with Crippen LogP contribution < -0.4 is 10.6 Å². The molecule has 2 rings (SSSR count). The molecule has 1 heterocycles. The van der Waals surface area contributed by atoms with Gasteiger partial charge in [-0.15, -0.1) is 6.58 Å². The Kier molecular flexibility index (Phi) is 5.71. The SMILES string of the molecule is C=CCNC(=NC)NCCc1coc(-c2ccc(F)cc2)n1. The van der Waals surface area contributed by atoms with Crippen molar-refractivity contribution in [3.8, 4) is 11.5 Å². The molecule has 0 bridgehead atoms. The predicted octanol–water partition coefficient (Wildman–Crippen LogP) is 2.37. The maximum Gasteiger partial charge on any atom is 0.226 e. The normalized spacial score (nSPS) is 11.3. The van der Waals surface area contributed by atoms with Crippen LogP contribution in [-0.4, -0.2) is 31.1 Å². The minimum Gasteiger partial charge on any atom is -0.444 e. The Labute approximate surface area is 129 Å². The molecule has 6 heteroatoms. The minimum atomic E-state index is -0.280. The molecular formula is C16H19FN4O. The molecular weight excluding hydrogens is 283 g/mol. The van der Waals surface area contributed by atoms with E-state index in [0.717, 1.165) is 11.3 Å². The predicted molar refractivity (Wildman–Crippen MR) is 85.2 cm³/mol. The Bertz CT molecular complexity index is 634. The summed E-state index contributed by atoms with van der Waals surface area (Å²) < 4.78 is 18.3. The van der Waals surface area contributed by atoms with Gasteiger partial charge in [0.1, 0.15) is 12.1 Å². The van der Waals surface area contributed by atoms with E-state index >= 15 is 0 Å². The Morgan fingerprint density at radius 2 is 2.14 bits per heavy atom. The molecule has 1 aromatic heterocycles. The second-order valence-corrected chi connectivity index (χ2v) is 4.57. The molecule has 116 valence electrons. The summed E-state index contributed by atoms with van der Waals surface area (Å²) in [5.74, 6) is 0.921. The highest BCUT2D eigenvalue weighted by molar-refractivity contribution is 5.79. The zero-order valence-corrected chi connectivity index (χ0v) is 12.5. The van der Waals surface area contributed by atoms with Crippen LogP contribution in [-0.2, 0) is 6.42 Å². The van der Waals surface area contributed by atoms with E-state index in [4.69, 9.17) is 4.42 Å². The van der Waals surface area contributed by atoms with Crippen LogP contribution in [0.5, 0.6) is 0 Å². The van der Waals surface area contributed by atoms with Crippen LogP contribution in [0.4, 0.5) is 4.39 Å². The molecule has 22 heavy (non-hydrogen) atoms. The maximum atomic E-state index is 12.9. The summed E-state index contributed by atoms with van der Waals surface area (Å²) in [7, 11) is 1.71. The van der Waals surface area contributed by atoms with Gasteiger partial charge in [-0.2, -0.15) is 0 Å².